The third-order valence-electron chi connectivity index (χ3n) is 6.11. The minimum absolute atomic E-state index is 0.0903. The summed E-state index contributed by atoms with van der Waals surface area (Å²) >= 11 is 7.97. The van der Waals surface area contributed by atoms with Crippen molar-refractivity contribution in [3.05, 3.63) is 0 Å². The van der Waals surface area contributed by atoms with Gasteiger partial charge >= 0.3 is 0 Å². The molecule has 0 aromatic rings. The van der Waals surface area contributed by atoms with Crippen molar-refractivity contribution in [2.24, 2.45) is 11.7 Å². The third-order valence-corrected chi connectivity index (χ3v) is 10.0. The lowest BCUT2D eigenvalue weighted by atomic mass is 9.84. The molecule has 1 heterocycles. The number of rotatable bonds is 17. The van der Waals surface area contributed by atoms with Crippen LogP contribution in [0.25, 0.3) is 0 Å². The Hall–Kier alpha value is -0.180. The molecule has 2 rings (SSSR count). The van der Waals surface area contributed by atoms with Gasteiger partial charge in [0.2, 0.25) is 5.91 Å². The van der Waals surface area contributed by atoms with Crippen molar-refractivity contribution in [3.8, 4) is 0 Å². The highest BCUT2D eigenvalue weighted by molar-refractivity contribution is 8.00. The Morgan fingerprint density at radius 1 is 1.03 bits per heavy atom. The molecule has 0 aromatic carbocycles. The predicted octanol–water partition coefficient (Wildman–Crippen LogP) is 0.716. The predicted molar refractivity (Wildman–Crippen MR) is 138 cm³/mol. The zero-order valence-corrected chi connectivity index (χ0v) is 23.2. The maximum Gasteiger partial charge on any atom is 0.224 e. The smallest absolute Gasteiger partial charge is 0.224 e. The zero-order chi connectivity index (χ0) is 25.7. The van der Waals surface area contributed by atoms with Crippen molar-refractivity contribution < 1.29 is 32.2 Å². The number of amides is 1. The first-order valence-electron chi connectivity index (χ1n) is 12.3. The molecular formula is C22H42ClN3O7S2. The molecule has 1 saturated carbocycles. The van der Waals surface area contributed by atoms with Gasteiger partial charge in [-0.3, -0.25) is 10.1 Å². The number of halogens is 1. The number of hydrogen-bond acceptors (Lipinski definition) is 10. The van der Waals surface area contributed by atoms with Crippen LogP contribution in [-0.4, -0.2) is 107 Å². The van der Waals surface area contributed by atoms with Crippen molar-refractivity contribution in [3.63, 3.8) is 0 Å². The number of nitrogens with one attached hydrogen (secondary N) is 2. The monoisotopic (exact) mass is 559 g/mol. The maximum absolute atomic E-state index is 12.3. The van der Waals surface area contributed by atoms with Gasteiger partial charge in [0.15, 0.2) is 9.84 Å². The Balaban J connectivity index is 1.53. The topological polar surface area (TPSA) is 138 Å². The standard InChI is InChI=1S/C22H42ClN3O7S2/c1-16-21(17-3-4-18(23)19(15-17)35(2,28)29)34-22(25-16)26-20(27)5-7-30-9-11-32-13-14-33-12-10-31-8-6-24/h16-19,21-22,25H,3-15,24H2,1-2H3,(H,26,27). The number of hydrogen-bond donors (Lipinski definition) is 3. The van der Waals surface area contributed by atoms with Crippen molar-refractivity contribution >= 4 is 39.1 Å². The summed E-state index contributed by atoms with van der Waals surface area (Å²) in [4.78, 5) is 12.3. The summed E-state index contributed by atoms with van der Waals surface area (Å²) in [6, 6.07) is 0.165. The van der Waals surface area contributed by atoms with E-state index in [0.29, 0.717) is 72.2 Å². The van der Waals surface area contributed by atoms with E-state index in [1.165, 1.54) is 6.26 Å². The van der Waals surface area contributed by atoms with Crippen molar-refractivity contribution in [1.82, 2.24) is 10.6 Å². The molecule has 0 radical (unpaired) electrons. The number of alkyl halides is 1. The number of carbonyl (C=O) groups excluding carboxylic acids is 1. The minimum Gasteiger partial charge on any atom is -0.379 e. The maximum atomic E-state index is 12.3. The number of nitrogens with two attached hydrogens (primary N) is 1. The molecule has 206 valence electrons. The zero-order valence-electron chi connectivity index (χ0n) is 20.8. The summed E-state index contributed by atoms with van der Waals surface area (Å²) in [5.41, 5.74) is 5.13. The molecule has 2 aliphatic rings. The molecule has 10 nitrogen and oxygen atoms in total. The Kier molecular flexibility index (Phi) is 14.7. The molecule has 0 spiro atoms. The molecule has 1 aliphatic heterocycles. The van der Waals surface area contributed by atoms with Gasteiger partial charge in [-0.25, -0.2) is 8.42 Å². The second-order valence-corrected chi connectivity index (χ2v) is 13.1. The van der Waals surface area contributed by atoms with Gasteiger partial charge in [0.05, 0.1) is 69.9 Å². The molecule has 13 heteroatoms. The molecule has 6 unspecified atom stereocenters. The van der Waals surface area contributed by atoms with E-state index in [1.807, 2.05) is 0 Å². The average Bonchev–Trinajstić information content (AvgIpc) is 3.16. The molecule has 1 saturated heterocycles. The van der Waals surface area contributed by atoms with Crippen LogP contribution < -0.4 is 16.4 Å². The summed E-state index contributed by atoms with van der Waals surface area (Å²) in [7, 11) is -3.18. The number of ether oxygens (including phenoxy) is 4. The van der Waals surface area contributed by atoms with Crippen LogP contribution in [0.1, 0.15) is 32.6 Å². The van der Waals surface area contributed by atoms with Gasteiger partial charge in [-0.05, 0) is 32.1 Å². The van der Waals surface area contributed by atoms with Gasteiger partial charge in [0.1, 0.15) is 5.50 Å². The van der Waals surface area contributed by atoms with Crippen LogP contribution >= 0.6 is 23.4 Å². The fourth-order valence-electron chi connectivity index (χ4n) is 4.34. The first-order chi connectivity index (χ1) is 16.7. The van der Waals surface area contributed by atoms with Crippen LogP contribution in [0.2, 0.25) is 0 Å². The molecule has 1 amide bonds. The van der Waals surface area contributed by atoms with E-state index in [0.717, 1.165) is 6.42 Å². The second kappa shape index (κ2) is 16.6. The summed E-state index contributed by atoms with van der Waals surface area (Å²) in [6.45, 7) is 6.28. The molecule has 2 fully saturated rings. The normalized spacial score (nSPS) is 29.4. The Morgan fingerprint density at radius 3 is 2.17 bits per heavy atom. The summed E-state index contributed by atoms with van der Waals surface area (Å²) in [6.07, 6.45) is 3.70. The van der Waals surface area contributed by atoms with E-state index < -0.39 is 15.1 Å². The lowest BCUT2D eigenvalue weighted by Gasteiger charge is -2.35. The molecule has 6 atom stereocenters. The van der Waals surface area contributed by atoms with Crippen LogP contribution in [0.5, 0.6) is 0 Å². The number of thioether (sulfide) groups is 1. The van der Waals surface area contributed by atoms with Crippen LogP contribution in [0.15, 0.2) is 0 Å². The molecule has 1 aliphatic carbocycles. The third kappa shape index (κ3) is 11.8. The minimum atomic E-state index is -3.18. The van der Waals surface area contributed by atoms with Crippen molar-refractivity contribution in [2.45, 2.75) is 60.0 Å². The van der Waals surface area contributed by atoms with E-state index in [1.54, 1.807) is 11.8 Å². The van der Waals surface area contributed by atoms with Gasteiger partial charge in [-0.2, -0.15) is 0 Å². The molecule has 4 N–H and O–H groups in total. The molecule has 35 heavy (non-hydrogen) atoms. The van der Waals surface area contributed by atoms with Gasteiger partial charge in [0.25, 0.3) is 0 Å². The quantitative estimate of drug-likeness (QED) is 0.172. The summed E-state index contributed by atoms with van der Waals surface area (Å²) < 4.78 is 45.7. The van der Waals surface area contributed by atoms with Gasteiger partial charge in [-0.1, -0.05) is 0 Å². The highest BCUT2D eigenvalue weighted by Crippen LogP contribution is 2.41. The van der Waals surface area contributed by atoms with Gasteiger partial charge < -0.3 is 30.0 Å². The number of sulfone groups is 1. The Labute approximate surface area is 218 Å². The summed E-state index contributed by atoms with van der Waals surface area (Å²) in [5, 5.41) is 5.81. The van der Waals surface area contributed by atoms with Gasteiger partial charge in [-0.15, -0.1) is 23.4 Å². The molecule has 0 bridgehead atoms. The lowest BCUT2D eigenvalue weighted by molar-refractivity contribution is -0.122. The number of carbonyl (C=O) groups is 1. The second-order valence-electron chi connectivity index (χ2n) is 8.95. The first kappa shape index (κ1) is 31.0. The molecule has 0 aromatic heterocycles. The van der Waals surface area contributed by atoms with E-state index >= 15 is 0 Å². The first-order valence-corrected chi connectivity index (χ1v) is 15.6. The van der Waals surface area contributed by atoms with Crippen molar-refractivity contribution in [1.29, 1.82) is 0 Å². The lowest BCUT2D eigenvalue weighted by Crippen LogP contribution is -2.44. The molecular weight excluding hydrogens is 518 g/mol. The van der Waals surface area contributed by atoms with E-state index in [-0.39, 0.29) is 40.4 Å². The largest absolute Gasteiger partial charge is 0.379 e. The fraction of sp³-hybridized carbons (Fsp3) is 0.955. The van der Waals surface area contributed by atoms with Crippen LogP contribution in [-0.2, 0) is 33.6 Å². The van der Waals surface area contributed by atoms with Crippen LogP contribution in [0, 0.1) is 5.92 Å². The highest BCUT2D eigenvalue weighted by atomic mass is 35.5. The van der Waals surface area contributed by atoms with E-state index in [9.17, 15) is 13.2 Å². The van der Waals surface area contributed by atoms with Gasteiger partial charge in [0, 0.05) is 24.1 Å². The Bertz CT molecular complexity index is 719. The van der Waals surface area contributed by atoms with E-state index in [4.69, 9.17) is 36.3 Å². The van der Waals surface area contributed by atoms with Crippen LogP contribution in [0.3, 0.4) is 0 Å². The highest BCUT2D eigenvalue weighted by Gasteiger charge is 2.43. The van der Waals surface area contributed by atoms with Crippen LogP contribution in [0.4, 0.5) is 0 Å². The Morgan fingerprint density at radius 2 is 1.60 bits per heavy atom. The van der Waals surface area contributed by atoms with E-state index in [2.05, 4.69) is 17.6 Å². The van der Waals surface area contributed by atoms with Crippen molar-refractivity contribution in [2.75, 3.05) is 65.7 Å². The summed E-state index contributed by atoms with van der Waals surface area (Å²) in [5.74, 6) is 0.157. The SMILES string of the molecule is CC1NC(NC(=O)CCOCCOCCOCCOCCN)SC1C1CCC(Cl)C(S(C)(=O)=O)C1. The average molecular weight is 560 g/mol. The fourth-order valence-corrected chi connectivity index (χ4v) is 7.99.